The molecule has 1 atom stereocenters. The average molecular weight is 466 g/mol. The summed E-state index contributed by atoms with van der Waals surface area (Å²) in [6.07, 6.45) is 0.687. The van der Waals surface area contributed by atoms with Crippen molar-refractivity contribution in [1.82, 2.24) is 0 Å². The summed E-state index contributed by atoms with van der Waals surface area (Å²) in [6, 6.07) is 21.2. The molecule has 3 aromatic rings. The molecule has 1 amide bonds. The largest absolute Gasteiger partial charge is 0.503 e. The molecule has 32 heavy (non-hydrogen) atoms. The Kier molecular flexibility index (Phi) is 6.35. The van der Waals surface area contributed by atoms with Crippen LogP contribution in [0.1, 0.15) is 29.2 Å². The van der Waals surface area contributed by atoms with E-state index in [1.54, 1.807) is 18.2 Å². The zero-order valence-electron chi connectivity index (χ0n) is 17.4. The van der Waals surface area contributed by atoms with Gasteiger partial charge in [0.1, 0.15) is 0 Å². The first kappa shape index (κ1) is 22.1. The molecule has 0 saturated heterocycles. The first-order chi connectivity index (χ1) is 15.4. The van der Waals surface area contributed by atoms with Crippen LogP contribution in [0.2, 0.25) is 10.0 Å². The maximum absolute atomic E-state index is 13.3. The lowest BCUT2D eigenvalue weighted by Crippen LogP contribution is -2.31. The molecule has 0 bridgehead atoms. The Labute approximate surface area is 196 Å². The summed E-state index contributed by atoms with van der Waals surface area (Å²) in [5.74, 6) is -1.44. The van der Waals surface area contributed by atoms with Gasteiger partial charge in [-0.3, -0.25) is 14.5 Å². The zero-order chi connectivity index (χ0) is 22.8. The molecule has 0 radical (unpaired) electrons. The number of ketones is 1. The number of hydrogen-bond donors (Lipinski definition) is 1. The third kappa shape index (κ3) is 4.29. The third-order valence-electron chi connectivity index (χ3n) is 5.53. The molecule has 162 valence electrons. The Morgan fingerprint density at radius 1 is 0.969 bits per heavy atom. The van der Waals surface area contributed by atoms with Crippen molar-refractivity contribution in [2.75, 3.05) is 4.90 Å². The fraction of sp³-hybridized carbons (Fsp3) is 0.154. The van der Waals surface area contributed by atoms with Crippen LogP contribution < -0.4 is 4.90 Å². The van der Waals surface area contributed by atoms with E-state index in [0.29, 0.717) is 17.1 Å². The van der Waals surface area contributed by atoms with E-state index in [2.05, 4.69) is 0 Å². The number of carbonyl (C=O) groups excluding carboxylic acids is 2. The smallest absolute Gasteiger partial charge is 0.294 e. The van der Waals surface area contributed by atoms with Gasteiger partial charge in [0.2, 0.25) is 0 Å². The lowest BCUT2D eigenvalue weighted by Gasteiger charge is -2.27. The second-order valence-corrected chi connectivity index (χ2v) is 8.58. The lowest BCUT2D eigenvalue weighted by atomic mass is 9.92. The van der Waals surface area contributed by atoms with Gasteiger partial charge in [0, 0.05) is 12.1 Å². The van der Waals surface area contributed by atoms with Gasteiger partial charge in [-0.05, 0) is 42.7 Å². The molecule has 0 aromatic heterocycles. The molecule has 1 unspecified atom stereocenters. The van der Waals surface area contributed by atoms with Gasteiger partial charge in [-0.1, -0.05) is 83.4 Å². The molecule has 1 aliphatic heterocycles. The van der Waals surface area contributed by atoms with Gasteiger partial charge in [-0.2, -0.15) is 0 Å². The Bertz CT molecular complexity index is 1220. The number of halogens is 2. The van der Waals surface area contributed by atoms with Gasteiger partial charge in [-0.25, -0.2) is 0 Å². The van der Waals surface area contributed by atoms with Crippen LogP contribution in [-0.2, 0) is 16.0 Å². The summed E-state index contributed by atoms with van der Waals surface area (Å²) >= 11 is 12.3. The summed E-state index contributed by atoms with van der Waals surface area (Å²) in [5.41, 5.74) is 3.28. The van der Waals surface area contributed by atoms with Crippen molar-refractivity contribution in [3.8, 4) is 0 Å². The highest BCUT2D eigenvalue weighted by molar-refractivity contribution is 6.42. The number of aliphatic hydroxyl groups is 1. The van der Waals surface area contributed by atoms with Gasteiger partial charge in [0.05, 0.1) is 21.7 Å². The zero-order valence-corrected chi connectivity index (χ0v) is 18.9. The number of amides is 1. The standard InChI is InChI=1S/C26H21Cl2NO3/c1-16-6-5-9-18(14-16)24-23(22(30)13-10-17-7-3-2-4-8-17)25(31)26(32)29(24)19-11-12-20(27)21(28)15-19/h2-9,11-12,14-15,24,31H,10,13H2,1H3. The molecule has 4 rings (SSSR count). The highest BCUT2D eigenvalue weighted by atomic mass is 35.5. The van der Waals surface area contributed by atoms with Crippen LogP contribution >= 0.6 is 23.2 Å². The molecule has 0 spiro atoms. The molecule has 4 nitrogen and oxygen atoms in total. The first-order valence-electron chi connectivity index (χ1n) is 10.2. The minimum absolute atomic E-state index is 0.0996. The quantitative estimate of drug-likeness (QED) is 0.457. The summed E-state index contributed by atoms with van der Waals surface area (Å²) < 4.78 is 0. The molecule has 1 N–H and O–H groups in total. The van der Waals surface area contributed by atoms with Gasteiger partial charge in [-0.15, -0.1) is 0 Å². The van der Waals surface area contributed by atoms with Gasteiger partial charge in [0.15, 0.2) is 11.5 Å². The highest BCUT2D eigenvalue weighted by Crippen LogP contribution is 2.42. The van der Waals surface area contributed by atoms with Crippen LogP contribution in [-0.4, -0.2) is 16.8 Å². The van der Waals surface area contributed by atoms with Gasteiger partial charge in [0.25, 0.3) is 5.91 Å². The topological polar surface area (TPSA) is 57.6 Å². The van der Waals surface area contributed by atoms with Crippen LogP contribution in [0.15, 0.2) is 84.1 Å². The maximum atomic E-state index is 13.3. The number of rotatable bonds is 6. The van der Waals surface area contributed by atoms with E-state index in [9.17, 15) is 14.7 Å². The van der Waals surface area contributed by atoms with Crippen molar-refractivity contribution >= 4 is 40.6 Å². The van der Waals surface area contributed by atoms with Crippen LogP contribution in [0.4, 0.5) is 5.69 Å². The molecule has 0 aliphatic carbocycles. The minimum Gasteiger partial charge on any atom is -0.503 e. The summed E-state index contributed by atoms with van der Waals surface area (Å²) in [7, 11) is 0. The Morgan fingerprint density at radius 2 is 1.72 bits per heavy atom. The monoisotopic (exact) mass is 465 g/mol. The molecule has 0 saturated carbocycles. The highest BCUT2D eigenvalue weighted by Gasteiger charge is 2.44. The Balaban J connectivity index is 1.75. The predicted octanol–water partition coefficient (Wildman–Crippen LogP) is 6.40. The fourth-order valence-electron chi connectivity index (χ4n) is 3.98. The van der Waals surface area contributed by atoms with Crippen molar-refractivity contribution in [2.24, 2.45) is 0 Å². The average Bonchev–Trinajstić information content (AvgIpc) is 3.05. The van der Waals surface area contributed by atoms with Crippen molar-refractivity contribution in [3.05, 3.63) is 111 Å². The van der Waals surface area contributed by atoms with Crippen molar-refractivity contribution in [2.45, 2.75) is 25.8 Å². The number of hydrogen-bond acceptors (Lipinski definition) is 3. The molecular weight excluding hydrogens is 445 g/mol. The SMILES string of the molecule is Cc1cccc(C2C(C(=O)CCc3ccccc3)=C(O)C(=O)N2c2ccc(Cl)c(Cl)c2)c1. The second-order valence-electron chi connectivity index (χ2n) is 7.76. The van der Waals surface area contributed by atoms with E-state index < -0.39 is 17.7 Å². The number of aryl methyl sites for hydroxylation is 2. The predicted molar refractivity (Wildman–Crippen MR) is 127 cm³/mol. The molecule has 6 heteroatoms. The van der Waals surface area contributed by atoms with E-state index in [0.717, 1.165) is 16.7 Å². The van der Waals surface area contributed by atoms with E-state index in [1.165, 1.54) is 4.90 Å². The van der Waals surface area contributed by atoms with Crippen LogP contribution in [0.3, 0.4) is 0 Å². The van der Waals surface area contributed by atoms with Crippen LogP contribution in [0.5, 0.6) is 0 Å². The minimum atomic E-state index is -0.761. The van der Waals surface area contributed by atoms with Crippen molar-refractivity contribution in [3.63, 3.8) is 0 Å². The molecular formula is C26H21Cl2NO3. The molecule has 0 fully saturated rings. The molecule has 1 aliphatic rings. The number of aliphatic hydroxyl groups excluding tert-OH is 1. The van der Waals surface area contributed by atoms with E-state index in [4.69, 9.17) is 23.2 Å². The number of Topliss-reactive ketones (excluding diaryl/α,β-unsaturated/α-hetero) is 1. The van der Waals surface area contributed by atoms with E-state index in [-0.39, 0.29) is 22.8 Å². The fourth-order valence-corrected chi connectivity index (χ4v) is 4.28. The molecule has 1 heterocycles. The van der Waals surface area contributed by atoms with Crippen molar-refractivity contribution < 1.29 is 14.7 Å². The van der Waals surface area contributed by atoms with Gasteiger partial charge >= 0.3 is 0 Å². The Morgan fingerprint density at radius 3 is 2.41 bits per heavy atom. The summed E-state index contributed by atoms with van der Waals surface area (Å²) in [6.45, 7) is 1.93. The number of nitrogens with zero attached hydrogens (tertiary/aromatic N) is 1. The normalized spacial score (nSPS) is 16.0. The first-order valence-corrected chi connectivity index (χ1v) is 11.0. The summed E-state index contributed by atoms with van der Waals surface area (Å²) in [5, 5.41) is 11.4. The van der Waals surface area contributed by atoms with E-state index >= 15 is 0 Å². The second kappa shape index (κ2) is 9.19. The third-order valence-corrected chi connectivity index (χ3v) is 6.27. The summed E-state index contributed by atoms with van der Waals surface area (Å²) in [4.78, 5) is 27.9. The van der Waals surface area contributed by atoms with E-state index in [1.807, 2.05) is 61.5 Å². The Hall–Kier alpha value is -3.08. The lowest BCUT2D eigenvalue weighted by molar-refractivity contribution is -0.118. The molecule has 3 aromatic carbocycles. The number of anilines is 1. The van der Waals surface area contributed by atoms with Crippen molar-refractivity contribution in [1.29, 1.82) is 0 Å². The van der Waals surface area contributed by atoms with Gasteiger partial charge < -0.3 is 5.11 Å². The maximum Gasteiger partial charge on any atom is 0.294 e. The van der Waals surface area contributed by atoms with Crippen LogP contribution in [0.25, 0.3) is 0 Å². The number of benzene rings is 3. The van der Waals surface area contributed by atoms with Crippen LogP contribution in [0, 0.1) is 6.92 Å². The number of carbonyl (C=O) groups is 2.